The Morgan fingerprint density at radius 1 is 0.944 bits per heavy atom. The van der Waals surface area contributed by atoms with E-state index in [-0.39, 0.29) is 5.91 Å². The summed E-state index contributed by atoms with van der Waals surface area (Å²) in [7, 11) is 0. The minimum Gasteiger partial charge on any atom is -0.410 e. The van der Waals surface area contributed by atoms with E-state index in [1.54, 1.807) is 19.1 Å². The summed E-state index contributed by atoms with van der Waals surface area (Å²) in [6.07, 6.45) is 3.38. The summed E-state index contributed by atoms with van der Waals surface area (Å²) in [4.78, 5) is 36.9. The highest BCUT2D eigenvalue weighted by molar-refractivity contribution is 5.89. The zero-order valence-corrected chi connectivity index (χ0v) is 21.9. The van der Waals surface area contributed by atoms with E-state index < -0.39 is 24.1 Å². The van der Waals surface area contributed by atoms with Gasteiger partial charge in [-0.2, -0.15) is 0 Å². The lowest BCUT2D eigenvalue weighted by atomic mass is 9.96. The maximum atomic E-state index is 12.6. The lowest BCUT2D eigenvalue weighted by Crippen LogP contribution is -2.51. The SMILES string of the molecule is CCCCNC(=O)Oc1cc(C)c(C[C@H](N)C(=O)N[C@H](C)C(=O)NCCCc2ccccc2)c(C)c1. The van der Waals surface area contributed by atoms with E-state index in [1.165, 1.54) is 5.56 Å². The Morgan fingerprint density at radius 2 is 1.58 bits per heavy atom. The molecular weight excluding hydrogens is 456 g/mol. The maximum absolute atomic E-state index is 12.6. The fraction of sp³-hybridized carbons (Fsp3) is 0.464. The zero-order chi connectivity index (χ0) is 26.5. The largest absolute Gasteiger partial charge is 0.412 e. The molecule has 8 heteroatoms. The molecular formula is C28H40N4O4. The maximum Gasteiger partial charge on any atom is 0.412 e. The molecule has 196 valence electrons. The fourth-order valence-corrected chi connectivity index (χ4v) is 3.85. The van der Waals surface area contributed by atoms with E-state index in [0.717, 1.165) is 42.4 Å². The minimum atomic E-state index is -0.820. The summed E-state index contributed by atoms with van der Waals surface area (Å²) in [5.74, 6) is -0.190. The molecule has 0 radical (unpaired) electrons. The number of unbranched alkanes of at least 4 members (excludes halogenated alkanes) is 1. The predicted octanol–water partition coefficient (Wildman–Crippen LogP) is 3.32. The molecule has 0 aliphatic carbocycles. The molecule has 2 rings (SSSR count). The smallest absolute Gasteiger partial charge is 0.410 e. The van der Waals surface area contributed by atoms with Gasteiger partial charge >= 0.3 is 6.09 Å². The van der Waals surface area contributed by atoms with Crippen LogP contribution in [0.5, 0.6) is 5.75 Å². The molecule has 2 atom stereocenters. The number of ether oxygens (including phenoxy) is 1. The third-order valence-electron chi connectivity index (χ3n) is 5.98. The van der Waals surface area contributed by atoms with Gasteiger partial charge in [-0.3, -0.25) is 9.59 Å². The Morgan fingerprint density at radius 3 is 2.22 bits per heavy atom. The predicted molar refractivity (Wildman–Crippen MR) is 142 cm³/mol. The van der Waals surface area contributed by atoms with Crippen LogP contribution in [0.25, 0.3) is 0 Å². The van der Waals surface area contributed by atoms with Crippen LogP contribution in [0.2, 0.25) is 0 Å². The first-order chi connectivity index (χ1) is 17.2. The van der Waals surface area contributed by atoms with Crippen LogP contribution in [0, 0.1) is 13.8 Å². The summed E-state index contributed by atoms with van der Waals surface area (Å²) in [5, 5.41) is 8.28. The van der Waals surface area contributed by atoms with Crippen molar-refractivity contribution in [3.05, 3.63) is 64.7 Å². The summed E-state index contributed by atoms with van der Waals surface area (Å²) >= 11 is 0. The van der Waals surface area contributed by atoms with Crippen molar-refractivity contribution in [1.82, 2.24) is 16.0 Å². The number of hydrogen-bond acceptors (Lipinski definition) is 5. The molecule has 0 aliphatic heterocycles. The van der Waals surface area contributed by atoms with Crippen LogP contribution < -0.4 is 26.4 Å². The molecule has 2 aromatic carbocycles. The van der Waals surface area contributed by atoms with Crippen LogP contribution in [0.3, 0.4) is 0 Å². The van der Waals surface area contributed by atoms with Crippen LogP contribution >= 0.6 is 0 Å². The molecule has 0 spiro atoms. The van der Waals surface area contributed by atoms with Crippen LogP contribution in [0.1, 0.15) is 55.4 Å². The first-order valence-electron chi connectivity index (χ1n) is 12.6. The van der Waals surface area contributed by atoms with Crippen LogP contribution in [-0.2, 0) is 22.4 Å². The molecule has 0 heterocycles. The van der Waals surface area contributed by atoms with E-state index in [0.29, 0.717) is 25.3 Å². The molecule has 0 saturated carbocycles. The number of carbonyl (C=O) groups is 3. The Labute approximate surface area is 214 Å². The molecule has 0 saturated heterocycles. The minimum absolute atomic E-state index is 0.241. The van der Waals surface area contributed by atoms with Gasteiger partial charge in [-0.15, -0.1) is 0 Å². The number of nitrogens with two attached hydrogens (primary N) is 1. The van der Waals surface area contributed by atoms with Crippen molar-refractivity contribution in [2.24, 2.45) is 5.73 Å². The average Bonchev–Trinajstić information content (AvgIpc) is 2.84. The second-order valence-corrected chi connectivity index (χ2v) is 9.13. The standard InChI is InChI=1S/C28H40N4O4/c1-5-6-14-31-28(35)36-23-16-19(2)24(20(3)17-23)18-25(29)27(34)32-21(4)26(33)30-15-10-13-22-11-8-7-9-12-22/h7-9,11-12,16-17,21,25H,5-6,10,13-15,18,29H2,1-4H3,(H,30,33)(H,31,35)(H,32,34)/t21-,25+/m1/s1. The number of benzene rings is 2. The highest BCUT2D eigenvalue weighted by Crippen LogP contribution is 2.23. The van der Waals surface area contributed by atoms with Crippen molar-refractivity contribution in [3.8, 4) is 5.75 Å². The number of hydrogen-bond donors (Lipinski definition) is 4. The summed E-state index contributed by atoms with van der Waals surface area (Å²) < 4.78 is 5.37. The van der Waals surface area contributed by atoms with Crippen molar-refractivity contribution < 1.29 is 19.1 Å². The third-order valence-corrected chi connectivity index (χ3v) is 5.98. The van der Waals surface area contributed by atoms with Gasteiger partial charge in [-0.05, 0) is 80.8 Å². The topological polar surface area (TPSA) is 123 Å². The van der Waals surface area contributed by atoms with Gasteiger partial charge in [0.2, 0.25) is 11.8 Å². The normalized spacial score (nSPS) is 12.4. The van der Waals surface area contributed by atoms with E-state index in [4.69, 9.17) is 10.5 Å². The van der Waals surface area contributed by atoms with Gasteiger partial charge in [0.15, 0.2) is 0 Å². The highest BCUT2D eigenvalue weighted by atomic mass is 16.6. The molecule has 5 N–H and O–H groups in total. The van der Waals surface area contributed by atoms with Gasteiger partial charge in [0.1, 0.15) is 11.8 Å². The first kappa shape index (κ1) is 28.8. The molecule has 8 nitrogen and oxygen atoms in total. The van der Waals surface area contributed by atoms with Gasteiger partial charge in [0.05, 0.1) is 6.04 Å². The fourth-order valence-electron chi connectivity index (χ4n) is 3.85. The molecule has 3 amide bonds. The van der Waals surface area contributed by atoms with Crippen LogP contribution in [0.4, 0.5) is 4.79 Å². The van der Waals surface area contributed by atoms with Gasteiger partial charge in [-0.25, -0.2) is 4.79 Å². The van der Waals surface area contributed by atoms with Crippen molar-refractivity contribution in [2.45, 2.75) is 71.9 Å². The van der Waals surface area contributed by atoms with E-state index in [9.17, 15) is 14.4 Å². The van der Waals surface area contributed by atoms with Crippen molar-refractivity contribution in [3.63, 3.8) is 0 Å². The van der Waals surface area contributed by atoms with E-state index >= 15 is 0 Å². The molecule has 0 aromatic heterocycles. The monoisotopic (exact) mass is 496 g/mol. The van der Waals surface area contributed by atoms with Crippen molar-refractivity contribution in [1.29, 1.82) is 0 Å². The molecule has 0 fully saturated rings. The molecule has 0 unspecified atom stereocenters. The van der Waals surface area contributed by atoms with Crippen LogP contribution in [-0.4, -0.2) is 43.1 Å². The number of carbonyl (C=O) groups excluding carboxylic acids is 3. The lowest BCUT2D eigenvalue weighted by molar-refractivity contribution is -0.129. The van der Waals surface area contributed by atoms with Crippen molar-refractivity contribution >= 4 is 17.9 Å². The van der Waals surface area contributed by atoms with E-state index in [2.05, 4.69) is 28.1 Å². The molecule has 2 aromatic rings. The zero-order valence-electron chi connectivity index (χ0n) is 21.9. The van der Waals surface area contributed by atoms with Crippen LogP contribution in [0.15, 0.2) is 42.5 Å². The Bertz CT molecular complexity index is 987. The molecule has 0 aliphatic rings. The van der Waals surface area contributed by atoms with Gasteiger partial charge in [0, 0.05) is 13.1 Å². The summed E-state index contributed by atoms with van der Waals surface area (Å²) in [6, 6.07) is 12.1. The second kappa shape index (κ2) is 14.9. The van der Waals surface area contributed by atoms with E-state index in [1.807, 2.05) is 39.0 Å². The number of nitrogens with one attached hydrogen (secondary N) is 3. The van der Waals surface area contributed by atoms with Gasteiger partial charge in [0.25, 0.3) is 0 Å². The Hall–Kier alpha value is -3.39. The summed E-state index contributed by atoms with van der Waals surface area (Å²) in [5.41, 5.74) is 10.1. The quantitative estimate of drug-likeness (QED) is 0.317. The summed E-state index contributed by atoms with van der Waals surface area (Å²) in [6.45, 7) is 8.57. The molecule has 0 bridgehead atoms. The van der Waals surface area contributed by atoms with Gasteiger partial charge < -0.3 is 26.4 Å². The number of amides is 3. The average molecular weight is 497 g/mol. The lowest BCUT2D eigenvalue weighted by Gasteiger charge is -2.19. The van der Waals surface area contributed by atoms with Gasteiger partial charge in [-0.1, -0.05) is 43.7 Å². The number of aryl methyl sites for hydroxylation is 3. The highest BCUT2D eigenvalue weighted by Gasteiger charge is 2.21. The third kappa shape index (κ3) is 9.70. The first-order valence-corrected chi connectivity index (χ1v) is 12.6. The molecule has 36 heavy (non-hydrogen) atoms. The Balaban J connectivity index is 1.81. The Kier molecular flexibility index (Phi) is 11.9. The second-order valence-electron chi connectivity index (χ2n) is 9.13. The van der Waals surface area contributed by atoms with Crippen molar-refractivity contribution in [2.75, 3.05) is 13.1 Å². The number of rotatable bonds is 13.